The van der Waals surface area contributed by atoms with Crippen LogP contribution in [0.1, 0.15) is 129 Å². The van der Waals surface area contributed by atoms with Crippen LogP contribution < -0.4 is 26.0 Å². The second-order valence-corrected chi connectivity index (χ2v) is 20.8. The quantitative estimate of drug-likeness (QED) is 0.0439. The van der Waals surface area contributed by atoms with Crippen LogP contribution in [-0.2, 0) is 10.8 Å². The molecule has 5 aromatic rings. The van der Waals surface area contributed by atoms with E-state index < -0.39 is 0 Å². The number of para-hydroxylation sites is 1. The first-order chi connectivity index (χ1) is 30.1. The fourth-order valence-corrected chi connectivity index (χ4v) is 10.3. The van der Waals surface area contributed by atoms with Crippen molar-refractivity contribution in [3.63, 3.8) is 0 Å². The first-order valence-electron chi connectivity index (χ1n) is 23.5. The lowest BCUT2D eigenvalue weighted by Crippen LogP contribution is -2.33. The number of fused-ring (bicyclic) bond motifs is 3. The summed E-state index contributed by atoms with van der Waals surface area (Å²) in [6.07, 6.45) is 21.5. The molecule has 2 atom stereocenters. The predicted molar refractivity (Wildman–Crippen MR) is 281 cm³/mol. The van der Waals surface area contributed by atoms with E-state index in [1.165, 1.54) is 74.7 Å². The van der Waals surface area contributed by atoms with Crippen molar-refractivity contribution < 1.29 is 4.42 Å². The van der Waals surface area contributed by atoms with Gasteiger partial charge in [-0.05, 0) is 148 Å². The molecule has 0 spiro atoms. The van der Waals surface area contributed by atoms with Gasteiger partial charge in [0, 0.05) is 33.7 Å². The van der Waals surface area contributed by atoms with Gasteiger partial charge >= 0.3 is 0 Å². The maximum absolute atomic E-state index is 6.31. The van der Waals surface area contributed by atoms with Crippen LogP contribution in [0.2, 0.25) is 0 Å². The molecule has 0 saturated carbocycles. The molecule has 63 heavy (non-hydrogen) atoms. The van der Waals surface area contributed by atoms with Crippen LogP contribution in [0.3, 0.4) is 0 Å². The summed E-state index contributed by atoms with van der Waals surface area (Å²) >= 11 is 1.91. The lowest BCUT2D eigenvalue weighted by Gasteiger charge is -2.41. The molecule has 2 N–H and O–H groups in total. The van der Waals surface area contributed by atoms with Crippen molar-refractivity contribution >= 4 is 62.2 Å². The third-order valence-electron chi connectivity index (χ3n) is 13.7. The van der Waals surface area contributed by atoms with Crippen LogP contribution in [0, 0.1) is 11.8 Å². The highest BCUT2D eigenvalue weighted by Crippen LogP contribution is 2.47. The van der Waals surface area contributed by atoms with E-state index >= 15 is 0 Å². The second kappa shape index (κ2) is 21.1. The molecule has 0 aliphatic heterocycles. The van der Waals surface area contributed by atoms with Gasteiger partial charge in [0.25, 0.3) is 0 Å². The molecule has 0 bridgehead atoms. The minimum absolute atomic E-state index is 0.0416. The van der Waals surface area contributed by atoms with Crippen molar-refractivity contribution in [2.75, 3.05) is 11.9 Å². The standard InChI is InChI=1S/C58H73BN2OS/c1-13-16-21-41(6)45-26-28-49(29-27-45)61-39-48(38-60-37-47(42(7)22-17-14-2)33-44(15-3)40(4)5)59(32-20-25-53-43(8)50-23-18-19-24-54(50)62-53)56-35-46-34-51-52(36-55(46)63-56)58(11,12)31-30-57(51,9)10/h14-15,18-20,23-29,32,34-37,39-41,44,60-61H,2-3,7-8,13,16-17,21-22,30-31,33,38H2,1,4-6,9-12H3/b32-20+,47-37-,48-39-,53-25+. The lowest BCUT2D eigenvalue weighted by molar-refractivity contribution is 0.332. The summed E-state index contributed by atoms with van der Waals surface area (Å²) < 4.78 is 8.95. The Kier molecular flexibility index (Phi) is 15.9. The molecular weight excluding hydrogens is 784 g/mol. The lowest BCUT2D eigenvalue weighted by atomic mass is 9.43. The Hall–Kier alpha value is -5.00. The summed E-state index contributed by atoms with van der Waals surface area (Å²) in [4.78, 5) is 0. The number of benzene rings is 3. The monoisotopic (exact) mass is 857 g/mol. The normalized spacial score (nSPS) is 16.4. The minimum Gasteiger partial charge on any atom is -0.456 e. The first kappa shape index (κ1) is 47.5. The van der Waals surface area contributed by atoms with Crippen molar-refractivity contribution in [2.24, 2.45) is 11.8 Å². The van der Waals surface area contributed by atoms with Gasteiger partial charge in [0.15, 0.2) is 0 Å². The van der Waals surface area contributed by atoms with Gasteiger partial charge in [0.2, 0.25) is 6.71 Å². The minimum atomic E-state index is -0.0416. The van der Waals surface area contributed by atoms with Crippen LogP contribution in [0.25, 0.3) is 33.7 Å². The van der Waals surface area contributed by atoms with Gasteiger partial charge in [-0.25, -0.2) is 0 Å². The fraction of sp³-hybridized carbons (Fsp3) is 0.379. The summed E-state index contributed by atoms with van der Waals surface area (Å²) in [5.41, 5.74) is 10.9. The van der Waals surface area contributed by atoms with Crippen LogP contribution in [0.5, 0.6) is 0 Å². The van der Waals surface area contributed by atoms with Gasteiger partial charge in [-0.3, -0.25) is 0 Å². The predicted octanol–water partition coefficient (Wildman–Crippen LogP) is 14.4. The number of unbranched alkanes of at least 4 members (excludes halogenated alkanes) is 1. The molecule has 5 heteroatoms. The molecule has 0 fully saturated rings. The third kappa shape index (κ3) is 11.6. The maximum Gasteiger partial charge on any atom is 0.246 e. The largest absolute Gasteiger partial charge is 0.456 e. The Morgan fingerprint density at radius 1 is 0.937 bits per heavy atom. The van der Waals surface area contributed by atoms with Gasteiger partial charge in [-0.15, -0.1) is 30.5 Å². The summed E-state index contributed by atoms with van der Waals surface area (Å²) in [5.74, 6) is 3.70. The number of furan rings is 1. The zero-order chi connectivity index (χ0) is 45.3. The molecule has 0 saturated heterocycles. The van der Waals surface area contributed by atoms with Crippen LogP contribution in [0.4, 0.5) is 5.69 Å². The molecule has 2 aromatic heterocycles. The molecule has 3 nitrogen and oxygen atoms in total. The molecule has 3 aromatic carbocycles. The van der Waals surface area contributed by atoms with Crippen LogP contribution >= 0.6 is 11.3 Å². The molecule has 2 unspecified atom stereocenters. The van der Waals surface area contributed by atoms with Gasteiger partial charge in [0.05, 0.1) is 0 Å². The van der Waals surface area contributed by atoms with Gasteiger partial charge in [-0.1, -0.05) is 141 Å². The number of anilines is 1. The summed E-state index contributed by atoms with van der Waals surface area (Å²) in [5, 5.41) is 10.8. The smallest absolute Gasteiger partial charge is 0.246 e. The number of allylic oxidation sites excluding steroid dienone is 5. The summed E-state index contributed by atoms with van der Waals surface area (Å²) in [7, 11) is 0. The van der Waals surface area contributed by atoms with E-state index in [2.05, 4.69) is 177 Å². The van der Waals surface area contributed by atoms with Gasteiger partial charge < -0.3 is 15.1 Å². The van der Waals surface area contributed by atoms with E-state index in [4.69, 9.17) is 4.42 Å². The number of hydrogen-bond acceptors (Lipinski definition) is 4. The number of thiophene rings is 1. The number of hydrogen-bond donors (Lipinski definition) is 2. The highest BCUT2D eigenvalue weighted by Gasteiger charge is 2.37. The molecule has 1 aliphatic rings. The van der Waals surface area contributed by atoms with Gasteiger partial charge in [0.1, 0.15) is 11.0 Å². The number of rotatable bonds is 21. The average molecular weight is 857 g/mol. The Balaban J connectivity index is 1.46. The molecular formula is C58H73BN2OS. The molecule has 330 valence electrons. The van der Waals surface area contributed by atoms with E-state index in [0.717, 1.165) is 52.1 Å². The summed E-state index contributed by atoms with van der Waals surface area (Å²) in [6, 6.07) is 24.6. The Labute approximate surface area is 384 Å². The molecule has 0 radical (unpaired) electrons. The van der Waals surface area contributed by atoms with Crippen molar-refractivity contribution in [2.45, 2.75) is 124 Å². The number of nitrogens with one attached hydrogen (secondary N) is 2. The summed E-state index contributed by atoms with van der Waals surface area (Å²) in [6.45, 7) is 36.5. The van der Waals surface area contributed by atoms with Crippen molar-refractivity contribution in [3.8, 4) is 0 Å². The van der Waals surface area contributed by atoms with Crippen molar-refractivity contribution in [1.82, 2.24) is 5.32 Å². The first-order valence-corrected chi connectivity index (χ1v) is 24.3. The Bertz CT molecular complexity index is 2540. The third-order valence-corrected chi connectivity index (χ3v) is 14.9. The highest BCUT2D eigenvalue weighted by molar-refractivity contribution is 7.30. The van der Waals surface area contributed by atoms with E-state index in [1.54, 1.807) is 0 Å². The topological polar surface area (TPSA) is 37.2 Å². The second-order valence-electron chi connectivity index (χ2n) is 19.7. The van der Waals surface area contributed by atoms with Crippen LogP contribution in [-0.4, -0.2) is 13.3 Å². The van der Waals surface area contributed by atoms with Gasteiger partial charge in [-0.2, -0.15) is 0 Å². The Morgan fingerprint density at radius 3 is 2.32 bits per heavy atom. The highest BCUT2D eigenvalue weighted by atomic mass is 32.1. The molecule has 2 heterocycles. The average Bonchev–Trinajstić information content (AvgIpc) is 3.84. The fourth-order valence-electron chi connectivity index (χ4n) is 9.07. The molecule has 0 amide bonds. The molecule has 6 rings (SSSR count). The van der Waals surface area contributed by atoms with E-state index in [1.807, 2.05) is 35.6 Å². The Morgan fingerprint density at radius 2 is 1.65 bits per heavy atom. The zero-order valence-corrected chi connectivity index (χ0v) is 40.5. The van der Waals surface area contributed by atoms with E-state index in [-0.39, 0.29) is 17.5 Å². The maximum atomic E-state index is 6.31. The SMILES string of the molecule is C=CCCC(=C)/C(=C\NC/C(=C/Nc1ccc(C(C)CCCC)cc1)B(/C=C/C=c1/oc2ccccc2c1=C)c1cc2cc3c(cc2s1)C(C)(C)CCC3(C)C)CC(C=C)C(C)C. The van der Waals surface area contributed by atoms with E-state index in [9.17, 15) is 0 Å². The molecule has 1 aliphatic carbocycles. The van der Waals surface area contributed by atoms with E-state index in [0.29, 0.717) is 24.3 Å². The van der Waals surface area contributed by atoms with Crippen LogP contribution in [0.15, 0.2) is 144 Å². The van der Waals surface area contributed by atoms with Crippen molar-refractivity contribution in [3.05, 3.63) is 167 Å². The zero-order valence-electron chi connectivity index (χ0n) is 39.7. The van der Waals surface area contributed by atoms with Crippen molar-refractivity contribution in [1.29, 1.82) is 0 Å².